The molecule has 1 fully saturated rings. The third kappa shape index (κ3) is 4.55. The number of nitrogens with zero attached hydrogens (tertiary/aromatic N) is 3. The van der Waals surface area contributed by atoms with E-state index in [0.717, 1.165) is 35.4 Å². The van der Waals surface area contributed by atoms with Crippen molar-refractivity contribution in [2.24, 2.45) is 0 Å². The third-order valence-corrected chi connectivity index (χ3v) is 5.63. The molecule has 0 unspecified atom stereocenters. The van der Waals surface area contributed by atoms with Gasteiger partial charge in [-0.2, -0.15) is 5.10 Å². The van der Waals surface area contributed by atoms with Crippen molar-refractivity contribution in [3.05, 3.63) is 58.1 Å². The van der Waals surface area contributed by atoms with Crippen molar-refractivity contribution in [3.63, 3.8) is 0 Å². The second-order valence-electron chi connectivity index (χ2n) is 9.18. The van der Waals surface area contributed by atoms with Crippen LogP contribution in [0.1, 0.15) is 50.9 Å². The van der Waals surface area contributed by atoms with E-state index in [4.69, 9.17) is 14.6 Å². The topological polar surface area (TPSA) is 88.9 Å². The average molecular weight is 439 g/mol. The second kappa shape index (κ2) is 8.78. The highest BCUT2D eigenvalue weighted by Crippen LogP contribution is 2.32. The standard InChI is InChI=1S/C24H30N4O4/c1-24(2,3)32-23(30)27-12-10-16(11-13-27)19-14-20(29)25-22-21(17-8-6-5-7-9-17)18(15-31-4)26-28(19)22/h5-9,14,16H,10-13,15H2,1-4H3,(H,25,29). The van der Waals surface area contributed by atoms with Gasteiger partial charge in [-0.1, -0.05) is 30.3 Å². The first-order valence-electron chi connectivity index (χ1n) is 10.9. The highest BCUT2D eigenvalue weighted by Gasteiger charge is 2.29. The maximum absolute atomic E-state index is 12.6. The number of H-pyrrole nitrogens is 1. The number of aromatic nitrogens is 3. The molecule has 1 aromatic carbocycles. The fraction of sp³-hybridized carbons (Fsp3) is 0.458. The monoisotopic (exact) mass is 438 g/mol. The number of hydrogen-bond donors (Lipinski definition) is 1. The van der Waals surface area contributed by atoms with Crippen molar-refractivity contribution in [1.82, 2.24) is 19.5 Å². The van der Waals surface area contributed by atoms with Crippen LogP contribution in [0, 0.1) is 0 Å². The van der Waals surface area contributed by atoms with E-state index >= 15 is 0 Å². The minimum absolute atomic E-state index is 0.109. The van der Waals surface area contributed by atoms with Gasteiger partial charge >= 0.3 is 6.09 Å². The lowest BCUT2D eigenvalue weighted by Gasteiger charge is -2.33. The summed E-state index contributed by atoms with van der Waals surface area (Å²) in [5, 5.41) is 4.81. The lowest BCUT2D eigenvalue weighted by molar-refractivity contribution is 0.0203. The van der Waals surface area contributed by atoms with Crippen LogP contribution in [-0.4, -0.2) is 51.4 Å². The lowest BCUT2D eigenvalue weighted by atomic mass is 9.93. The molecule has 3 heterocycles. The highest BCUT2D eigenvalue weighted by molar-refractivity contribution is 5.80. The summed E-state index contributed by atoms with van der Waals surface area (Å²) in [7, 11) is 1.63. The fourth-order valence-electron chi connectivity index (χ4n) is 4.23. The summed E-state index contributed by atoms with van der Waals surface area (Å²) in [5.74, 6) is 0.109. The zero-order chi connectivity index (χ0) is 22.9. The molecular weight excluding hydrogens is 408 g/mol. The summed E-state index contributed by atoms with van der Waals surface area (Å²) in [6, 6.07) is 11.5. The first-order valence-corrected chi connectivity index (χ1v) is 10.9. The number of nitrogens with one attached hydrogen (secondary N) is 1. The van der Waals surface area contributed by atoms with Crippen molar-refractivity contribution in [2.45, 2.75) is 51.7 Å². The van der Waals surface area contributed by atoms with Gasteiger partial charge in [-0.05, 0) is 39.2 Å². The van der Waals surface area contributed by atoms with Gasteiger partial charge in [0.05, 0.1) is 23.6 Å². The minimum Gasteiger partial charge on any atom is -0.444 e. The summed E-state index contributed by atoms with van der Waals surface area (Å²) in [5.41, 5.74) is 3.45. The van der Waals surface area contributed by atoms with E-state index in [-0.39, 0.29) is 17.6 Å². The Balaban J connectivity index is 1.67. The Hall–Kier alpha value is -3.13. The van der Waals surface area contributed by atoms with Crippen molar-refractivity contribution in [2.75, 3.05) is 20.2 Å². The van der Waals surface area contributed by atoms with E-state index < -0.39 is 5.60 Å². The molecule has 0 spiro atoms. The van der Waals surface area contributed by atoms with Gasteiger partial charge in [-0.15, -0.1) is 0 Å². The Labute approximate surface area is 187 Å². The van der Waals surface area contributed by atoms with Crippen LogP contribution in [0.15, 0.2) is 41.2 Å². The molecule has 1 saturated heterocycles. The predicted molar refractivity (Wildman–Crippen MR) is 122 cm³/mol. The van der Waals surface area contributed by atoms with E-state index in [1.54, 1.807) is 18.1 Å². The van der Waals surface area contributed by atoms with Crippen LogP contribution in [0.2, 0.25) is 0 Å². The largest absolute Gasteiger partial charge is 0.444 e. The first-order chi connectivity index (χ1) is 15.3. The molecule has 32 heavy (non-hydrogen) atoms. The molecule has 3 aromatic rings. The normalized spacial score (nSPS) is 15.3. The molecule has 1 amide bonds. The van der Waals surface area contributed by atoms with Gasteiger partial charge in [0.15, 0.2) is 0 Å². The molecular formula is C24H30N4O4. The smallest absolute Gasteiger partial charge is 0.410 e. The molecule has 8 nitrogen and oxygen atoms in total. The number of rotatable bonds is 4. The second-order valence-corrected chi connectivity index (χ2v) is 9.18. The average Bonchev–Trinajstić information content (AvgIpc) is 3.10. The van der Waals surface area contributed by atoms with Crippen LogP contribution in [0.3, 0.4) is 0 Å². The number of aromatic amines is 1. The Morgan fingerprint density at radius 2 is 1.88 bits per heavy atom. The number of piperidine rings is 1. The van der Waals surface area contributed by atoms with Gasteiger partial charge in [0.25, 0.3) is 5.56 Å². The van der Waals surface area contributed by atoms with Gasteiger partial charge in [-0.3, -0.25) is 4.79 Å². The fourth-order valence-corrected chi connectivity index (χ4v) is 4.23. The Bertz CT molecular complexity index is 1150. The Kier molecular flexibility index (Phi) is 6.06. The van der Waals surface area contributed by atoms with Crippen LogP contribution in [0.4, 0.5) is 4.79 Å². The van der Waals surface area contributed by atoms with E-state index in [2.05, 4.69) is 4.98 Å². The summed E-state index contributed by atoms with van der Waals surface area (Å²) < 4.78 is 12.7. The number of likely N-dealkylation sites (tertiary alicyclic amines) is 1. The number of amides is 1. The molecule has 1 N–H and O–H groups in total. The lowest BCUT2D eigenvalue weighted by Crippen LogP contribution is -2.41. The number of ether oxygens (including phenoxy) is 2. The zero-order valence-electron chi connectivity index (χ0n) is 19.1. The quantitative estimate of drug-likeness (QED) is 0.666. The van der Waals surface area contributed by atoms with Gasteiger partial charge in [0, 0.05) is 32.2 Å². The molecule has 0 saturated carbocycles. The summed E-state index contributed by atoms with van der Waals surface area (Å²) in [4.78, 5) is 29.7. The molecule has 8 heteroatoms. The molecule has 170 valence electrons. The molecule has 4 rings (SSSR count). The summed E-state index contributed by atoms with van der Waals surface area (Å²) in [6.45, 7) is 7.08. The number of carbonyl (C=O) groups excluding carboxylic acids is 1. The SMILES string of the molecule is COCc1nn2c(C3CCN(C(=O)OC(C)(C)C)CC3)cc(=O)[nH]c2c1-c1ccccc1. The molecule has 0 aliphatic carbocycles. The first kappa shape index (κ1) is 22.1. The maximum atomic E-state index is 12.6. The molecule has 1 aliphatic rings. The van der Waals surface area contributed by atoms with Gasteiger partial charge in [-0.25, -0.2) is 9.31 Å². The number of hydrogen-bond acceptors (Lipinski definition) is 5. The molecule has 0 bridgehead atoms. The number of fused-ring (bicyclic) bond motifs is 1. The van der Waals surface area contributed by atoms with Crippen molar-refractivity contribution >= 4 is 11.7 Å². The molecule has 0 radical (unpaired) electrons. The van der Waals surface area contributed by atoms with E-state index in [1.807, 2.05) is 55.6 Å². The van der Waals surface area contributed by atoms with E-state index in [1.165, 1.54) is 0 Å². The zero-order valence-corrected chi connectivity index (χ0v) is 19.1. The Morgan fingerprint density at radius 3 is 2.50 bits per heavy atom. The van der Waals surface area contributed by atoms with Gasteiger partial charge in [0.2, 0.25) is 0 Å². The molecule has 2 aromatic heterocycles. The number of benzene rings is 1. The van der Waals surface area contributed by atoms with Crippen molar-refractivity contribution in [1.29, 1.82) is 0 Å². The van der Waals surface area contributed by atoms with Crippen LogP contribution in [0.5, 0.6) is 0 Å². The van der Waals surface area contributed by atoms with Crippen LogP contribution >= 0.6 is 0 Å². The highest BCUT2D eigenvalue weighted by atomic mass is 16.6. The van der Waals surface area contributed by atoms with Crippen LogP contribution < -0.4 is 5.56 Å². The minimum atomic E-state index is -0.520. The molecule has 0 atom stereocenters. The van der Waals surface area contributed by atoms with E-state index in [0.29, 0.717) is 25.3 Å². The maximum Gasteiger partial charge on any atom is 0.410 e. The predicted octanol–water partition coefficient (Wildman–Crippen LogP) is 3.95. The van der Waals surface area contributed by atoms with Crippen molar-refractivity contribution < 1.29 is 14.3 Å². The third-order valence-electron chi connectivity index (χ3n) is 5.63. The van der Waals surface area contributed by atoms with Gasteiger partial charge < -0.3 is 19.4 Å². The number of methoxy groups -OCH3 is 1. The molecule has 1 aliphatic heterocycles. The number of carbonyl (C=O) groups is 1. The van der Waals surface area contributed by atoms with Crippen LogP contribution in [0.25, 0.3) is 16.8 Å². The Morgan fingerprint density at radius 1 is 1.19 bits per heavy atom. The van der Waals surface area contributed by atoms with Crippen molar-refractivity contribution in [3.8, 4) is 11.1 Å². The van der Waals surface area contributed by atoms with Crippen LogP contribution in [-0.2, 0) is 16.1 Å². The van der Waals surface area contributed by atoms with E-state index in [9.17, 15) is 9.59 Å². The van der Waals surface area contributed by atoms with Gasteiger partial charge in [0.1, 0.15) is 11.2 Å². The summed E-state index contributed by atoms with van der Waals surface area (Å²) >= 11 is 0. The summed E-state index contributed by atoms with van der Waals surface area (Å²) in [6.07, 6.45) is 1.18.